The Bertz CT molecular complexity index is 1210. The third-order valence-corrected chi connectivity index (χ3v) is 41.2. The average molecular weight is 708 g/mol. The van der Waals surface area contributed by atoms with Crippen molar-refractivity contribution in [3.63, 3.8) is 0 Å². The number of aryl methyl sites for hydroxylation is 4. The molecule has 0 radical (unpaired) electrons. The topological polar surface area (TPSA) is 0 Å². The van der Waals surface area contributed by atoms with E-state index in [1.165, 1.54) is 54.9 Å². The third kappa shape index (κ3) is 8.36. The molecule has 0 fully saturated rings. The van der Waals surface area contributed by atoms with Gasteiger partial charge in [-0.05, 0) is 11.8 Å². The third-order valence-electron chi connectivity index (χ3n) is 6.69. The summed E-state index contributed by atoms with van der Waals surface area (Å²) in [5, 5.41) is 5.84. The van der Waals surface area contributed by atoms with E-state index in [1.807, 2.05) is 0 Å². The Morgan fingerprint density at radius 1 is 0.722 bits per heavy atom. The van der Waals surface area contributed by atoms with Gasteiger partial charge in [-0.3, -0.25) is 0 Å². The van der Waals surface area contributed by atoms with Crippen LogP contribution in [0.2, 0.25) is 13.1 Å². The molecule has 196 valence electrons. The molecule has 0 atom stereocenters. The molecule has 0 N–H and O–H groups in total. The van der Waals surface area contributed by atoms with Crippen molar-refractivity contribution in [2.24, 2.45) is 0 Å². The van der Waals surface area contributed by atoms with E-state index in [1.54, 1.807) is 0 Å². The Morgan fingerprint density at radius 3 is 1.31 bits per heavy atom. The summed E-state index contributed by atoms with van der Waals surface area (Å²) >= 11 is 6.22. The van der Waals surface area contributed by atoms with Crippen molar-refractivity contribution in [1.29, 1.82) is 0 Å². The molecule has 4 aromatic rings. The van der Waals surface area contributed by atoms with Crippen molar-refractivity contribution < 1.29 is 15.7 Å². The van der Waals surface area contributed by atoms with Crippen molar-refractivity contribution >= 4 is 51.4 Å². The number of fused-ring (bicyclic) bond motifs is 2. The van der Waals surface area contributed by atoms with Crippen LogP contribution < -0.4 is 0 Å². The van der Waals surface area contributed by atoms with Gasteiger partial charge in [0.05, 0.1) is 0 Å². The van der Waals surface area contributed by atoms with Crippen LogP contribution in [0.1, 0.15) is 86.8 Å². The van der Waals surface area contributed by atoms with Crippen molar-refractivity contribution in [2.45, 2.75) is 93.2 Å². The molecule has 0 aromatic heterocycles. The first kappa shape index (κ1) is 31.9. The second kappa shape index (κ2) is 14.8. The van der Waals surface area contributed by atoms with E-state index in [0.29, 0.717) is 11.8 Å². The Balaban J connectivity index is 0.000000208. The van der Waals surface area contributed by atoms with Gasteiger partial charge >= 0.3 is 58.6 Å². The molecule has 0 bridgehead atoms. The quantitative estimate of drug-likeness (QED) is 0.146. The second-order valence-corrected chi connectivity index (χ2v) is 48.6. The zero-order valence-electron chi connectivity index (χ0n) is 23.9. The van der Waals surface area contributed by atoms with Gasteiger partial charge in [0, 0.05) is 0 Å². The first-order valence-corrected chi connectivity index (χ1v) is 30.7. The summed E-state index contributed by atoms with van der Waals surface area (Å²) in [7, 11) is 0. The number of hydrogen-bond donors (Lipinski definition) is 0. The predicted molar refractivity (Wildman–Crippen MR) is 171 cm³/mol. The van der Waals surface area contributed by atoms with E-state index in [9.17, 15) is 0 Å². The van der Waals surface area contributed by atoms with E-state index in [2.05, 4.69) is 141 Å². The summed E-state index contributed by atoms with van der Waals surface area (Å²) in [6, 6.07) is 18.5. The maximum atomic E-state index is 3.60. The number of benzene rings is 2. The Hall–Kier alpha value is -0.280. The fraction of sp³-hybridized carbons (Fsp3) is 0.438. The molecule has 4 heteroatoms. The molecule has 36 heavy (non-hydrogen) atoms. The molecule has 0 heterocycles. The molecule has 0 unspecified atom stereocenters. The van der Waals surface area contributed by atoms with Crippen molar-refractivity contribution in [2.75, 3.05) is 0 Å². The minimum absolute atomic E-state index is 0.0784. The Morgan fingerprint density at radius 2 is 1.06 bits per heavy atom. The van der Waals surface area contributed by atoms with Crippen LogP contribution in [0.4, 0.5) is 0 Å². The molecule has 0 saturated heterocycles. The maximum absolute atomic E-state index is 3.60. The van der Waals surface area contributed by atoms with Crippen LogP contribution in [-0.2, 0) is 28.5 Å². The van der Waals surface area contributed by atoms with Crippen LogP contribution in [0.15, 0.2) is 48.5 Å². The van der Waals surface area contributed by atoms with Gasteiger partial charge in [-0.15, -0.1) is 68.1 Å². The fourth-order valence-corrected chi connectivity index (χ4v) is 4.68. The van der Waals surface area contributed by atoms with Crippen LogP contribution in [0.3, 0.4) is 0 Å². The van der Waals surface area contributed by atoms with Gasteiger partial charge in [0.25, 0.3) is 0 Å². The summed E-state index contributed by atoms with van der Waals surface area (Å²) in [5.74, 6) is 1.22. The Labute approximate surface area is 240 Å². The van der Waals surface area contributed by atoms with Crippen LogP contribution in [-0.4, -0.2) is 5.43 Å². The first-order chi connectivity index (χ1) is 16.9. The van der Waals surface area contributed by atoms with E-state index in [-0.39, 0.29) is 5.43 Å². The van der Waals surface area contributed by atoms with Crippen LogP contribution in [0.5, 0.6) is 0 Å². The molecule has 4 rings (SSSR count). The number of halogens is 2. The van der Waals surface area contributed by atoms with E-state index in [0.717, 1.165) is 12.8 Å². The van der Waals surface area contributed by atoms with Gasteiger partial charge in [0.1, 0.15) is 0 Å². The minimum atomic E-state index is -0.973. The predicted octanol–water partition coefficient (Wildman–Crippen LogP) is 11.6. The molecular formula is C32H44Br2SiZr-2. The van der Waals surface area contributed by atoms with Gasteiger partial charge in [-0.25, -0.2) is 0 Å². The standard InChI is InChI=1S/2C15H19.C2H6Si.2BrH.Zr/c2*1-5-12-6-7-13(10(2)3)15-9-11(4)8-14(12)15;1-3-2;;;/h2*6-10H,5H2,1-4H3;1-2H3;2*1H;/q2*-1;;;;+2/p-2. The van der Waals surface area contributed by atoms with Gasteiger partial charge in [-0.2, -0.15) is 12.1 Å². The molecule has 0 saturated carbocycles. The molecular weight excluding hydrogens is 663 g/mol. The summed E-state index contributed by atoms with van der Waals surface area (Å²) in [6.07, 6.45) is 2.25. The normalized spacial score (nSPS) is 10.9. The number of rotatable bonds is 4. The van der Waals surface area contributed by atoms with E-state index < -0.39 is 15.7 Å². The summed E-state index contributed by atoms with van der Waals surface area (Å²) in [6.45, 7) is 22.6. The van der Waals surface area contributed by atoms with E-state index in [4.69, 9.17) is 0 Å². The molecule has 0 spiro atoms. The van der Waals surface area contributed by atoms with Gasteiger partial charge < -0.3 is 0 Å². The molecule has 0 aliphatic rings. The van der Waals surface area contributed by atoms with Crippen molar-refractivity contribution in [1.82, 2.24) is 0 Å². The Kier molecular flexibility index (Phi) is 13.1. The molecule has 0 aliphatic carbocycles. The molecule has 0 nitrogen and oxygen atoms in total. The fourth-order valence-electron chi connectivity index (χ4n) is 4.68. The van der Waals surface area contributed by atoms with Crippen LogP contribution in [0, 0.1) is 13.8 Å². The second-order valence-electron chi connectivity index (χ2n) is 10.6. The van der Waals surface area contributed by atoms with Crippen LogP contribution in [0.25, 0.3) is 21.5 Å². The first-order valence-electron chi connectivity index (χ1n) is 13.3. The van der Waals surface area contributed by atoms with Gasteiger partial charge in [-0.1, -0.05) is 91.5 Å². The number of hydrogen-bond acceptors (Lipinski definition) is 0. The monoisotopic (exact) mass is 704 g/mol. The van der Waals surface area contributed by atoms with Crippen molar-refractivity contribution in [3.05, 3.63) is 81.9 Å². The van der Waals surface area contributed by atoms with Crippen molar-refractivity contribution in [3.8, 4) is 0 Å². The van der Waals surface area contributed by atoms with E-state index >= 15 is 0 Å². The van der Waals surface area contributed by atoms with Gasteiger partial charge in [0.15, 0.2) is 0 Å². The zero-order valence-corrected chi connectivity index (χ0v) is 30.6. The average Bonchev–Trinajstić information content (AvgIpc) is 3.39. The summed E-state index contributed by atoms with van der Waals surface area (Å²) in [4.78, 5) is 0. The van der Waals surface area contributed by atoms with Crippen LogP contribution >= 0.6 is 24.4 Å². The summed E-state index contributed by atoms with van der Waals surface area (Å²) < 4.78 is 0. The SMILES string of the molecule is CCc1ccc(C(C)C)c2cc(C)[cH-]c12.CCc1ccc(C(C)C)c2cc(C)[cH-]c12.C[Si](C)=[Zr]([Br])[Br]. The molecule has 4 aromatic carbocycles. The zero-order chi connectivity index (χ0) is 27.2. The summed E-state index contributed by atoms with van der Waals surface area (Å²) in [5.41, 5.74) is 8.76. The molecule has 0 aliphatic heterocycles. The van der Waals surface area contributed by atoms with Gasteiger partial charge in [0.2, 0.25) is 0 Å². The molecule has 0 amide bonds.